The molecule has 2 aliphatic heterocycles. The first-order valence-corrected chi connectivity index (χ1v) is 14.1. The number of carbonyl (C=O) groups is 3. The summed E-state index contributed by atoms with van der Waals surface area (Å²) in [4.78, 5) is 48.6. The lowest BCUT2D eigenvalue weighted by Gasteiger charge is -2.33. The number of carbonyl (C=O) groups excluding carboxylic acids is 3. The molecule has 1 aromatic carbocycles. The van der Waals surface area contributed by atoms with Crippen LogP contribution in [-0.2, 0) is 4.79 Å². The van der Waals surface area contributed by atoms with E-state index in [1.54, 1.807) is 41.3 Å². The summed E-state index contributed by atoms with van der Waals surface area (Å²) in [6.45, 7) is 2.78. The molecule has 12 heteroatoms. The predicted octanol–water partition coefficient (Wildman–Crippen LogP) is 4.99. The lowest BCUT2D eigenvalue weighted by atomic mass is 10.0. The van der Waals surface area contributed by atoms with E-state index >= 15 is 0 Å². The maximum absolute atomic E-state index is 13.5. The van der Waals surface area contributed by atoms with Gasteiger partial charge in [0.25, 0.3) is 11.8 Å². The minimum absolute atomic E-state index is 0. The van der Waals surface area contributed by atoms with E-state index in [0.29, 0.717) is 63.3 Å². The Morgan fingerprint density at radius 3 is 2.76 bits per heavy atom. The first kappa shape index (κ1) is 28.4. The van der Waals surface area contributed by atoms with E-state index in [2.05, 4.69) is 15.6 Å². The molecule has 212 valence electrons. The van der Waals surface area contributed by atoms with Gasteiger partial charge in [0.2, 0.25) is 0 Å². The zero-order chi connectivity index (χ0) is 28.0. The Hall–Kier alpha value is -4.08. The van der Waals surface area contributed by atoms with Crippen LogP contribution in [0.4, 0.5) is 21.9 Å². The average molecular weight is 591 g/mol. The summed E-state index contributed by atoms with van der Waals surface area (Å²) in [6, 6.07) is 8.68. The van der Waals surface area contributed by atoms with Gasteiger partial charge in [0.15, 0.2) is 0 Å². The number of pyridine rings is 1. The van der Waals surface area contributed by atoms with Crippen molar-refractivity contribution in [1.82, 2.24) is 15.2 Å². The summed E-state index contributed by atoms with van der Waals surface area (Å²) in [6.07, 6.45) is 6.87. The summed E-state index contributed by atoms with van der Waals surface area (Å²) in [5, 5.41) is 16.2. The van der Waals surface area contributed by atoms with Crippen molar-refractivity contribution in [3.8, 4) is 11.8 Å². The van der Waals surface area contributed by atoms with Gasteiger partial charge in [0, 0.05) is 25.3 Å². The zero-order valence-corrected chi connectivity index (χ0v) is 24.5. The Morgan fingerprint density at radius 2 is 2.05 bits per heavy atom. The highest BCUT2D eigenvalue weighted by Crippen LogP contribution is 2.46. The van der Waals surface area contributed by atoms with Crippen LogP contribution in [0.1, 0.15) is 40.9 Å². The number of rotatable bonds is 6. The topological polar surface area (TPSA) is 128 Å². The molecule has 41 heavy (non-hydrogen) atoms. The number of aromatic nitrogens is 1. The SMILES string of the molecule is COc1ccc(N2C(=O)Nc3c(C(=O)N[C@H]4CCCN(C(=O)/C(C#N)=C/C5CC5)C4)sc4nccc2c34)c(C)c1.S. The van der Waals surface area contributed by atoms with Crippen molar-refractivity contribution in [3.05, 3.63) is 52.6 Å². The van der Waals surface area contributed by atoms with E-state index < -0.39 is 0 Å². The number of hydrogen-bond acceptors (Lipinski definition) is 7. The standard InChI is InChI=1S/C29H28N6O4S.H2S/c1-16-12-20(39-2)7-8-21(16)35-22-9-10-31-27-23(22)24(33-29(35)38)25(40-27)26(36)32-19-4-3-11-34(15-19)28(37)18(14-30)13-17-5-6-17;/h7-10,12-13,17,19H,3-6,11,15H2,1-2H3,(H,32,36)(H,33,38);1H2/b18-13+;/t19-;/m0./s1. The fourth-order valence-electron chi connectivity index (χ4n) is 5.35. The number of nitrogens with one attached hydrogen (secondary N) is 2. The molecule has 1 aliphatic carbocycles. The molecule has 6 rings (SSSR count). The van der Waals surface area contributed by atoms with Crippen LogP contribution in [-0.4, -0.2) is 54.0 Å². The first-order chi connectivity index (χ1) is 19.4. The van der Waals surface area contributed by atoms with Crippen molar-refractivity contribution >= 4 is 70.0 Å². The molecular weight excluding hydrogens is 560 g/mol. The molecule has 2 aromatic heterocycles. The van der Waals surface area contributed by atoms with E-state index in [1.165, 1.54) is 11.3 Å². The molecule has 1 saturated carbocycles. The molecule has 0 bridgehead atoms. The number of nitriles is 1. The minimum atomic E-state index is -0.373. The van der Waals surface area contributed by atoms with Crippen molar-refractivity contribution in [2.45, 2.75) is 38.6 Å². The number of allylic oxidation sites excluding steroid dienone is 1. The highest BCUT2D eigenvalue weighted by molar-refractivity contribution is 7.59. The van der Waals surface area contributed by atoms with E-state index in [1.807, 2.05) is 25.1 Å². The number of amides is 4. The molecular formula is C29H30N6O4S2. The van der Waals surface area contributed by atoms with Crippen molar-refractivity contribution in [2.75, 3.05) is 30.4 Å². The van der Waals surface area contributed by atoms with Gasteiger partial charge >= 0.3 is 6.03 Å². The van der Waals surface area contributed by atoms with Crippen LogP contribution in [0, 0.1) is 24.2 Å². The number of hydrogen-bond donors (Lipinski definition) is 2. The second-order valence-electron chi connectivity index (χ2n) is 10.3. The fourth-order valence-corrected chi connectivity index (χ4v) is 6.37. The summed E-state index contributed by atoms with van der Waals surface area (Å²) >= 11 is 1.22. The number of urea groups is 1. The Labute approximate surface area is 248 Å². The second kappa shape index (κ2) is 11.4. The van der Waals surface area contributed by atoms with Gasteiger partial charge in [-0.3, -0.25) is 14.5 Å². The quantitative estimate of drug-likeness (QED) is 0.308. The number of ether oxygens (including phenoxy) is 1. The Kier molecular flexibility index (Phi) is 7.93. The van der Waals surface area contributed by atoms with Gasteiger partial charge in [-0.1, -0.05) is 6.08 Å². The van der Waals surface area contributed by atoms with Crippen LogP contribution in [0.3, 0.4) is 0 Å². The molecule has 3 aromatic rings. The van der Waals surface area contributed by atoms with Crippen LogP contribution < -0.4 is 20.3 Å². The average Bonchev–Trinajstić information content (AvgIpc) is 3.71. The van der Waals surface area contributed by atoms with Gasteiger partial charge < -0.3 is 20.3 Å². The maximum atomic E-state index is 13.5. The number of aryl methyl sites for hydroxylation is 1. The van der Waals surface area contributed by atoms with E-state index in [-0.39, 0.29) is 43.0 Å². The van der Waals surface area contributed by atoms with E-state index in [9.17, 15) is 19.6 Å². The van der Waals surface area contributed by atoms with Gasteiger partial charge in [0.05, 0.1) is 29.6 Å². The minimum Gasteiger partial charge on any atom is -0.497 e. The Balaban J connectivity index is 0.00000337. The highest BCUT2D eigenvalue weighted by atomic mass is 32.1. The molecule has 1 saturated heterocycles. The molecule has 2 fully saturated rings. The van der Waals surface area contributed by atoms with Crippen LogP contribution in [0.5, 0.6) is 5.75 Å². The van der Waals surface area contributed by atoms with Gasteiger partial charge in [-0.15, -0.1) is 11.3 Å². The van der Waals surface area contributed by atoms with Crippen LogP contribution in [0.2, 0.25) is 0 Å². The fraction of sp³-hybridized carbons (Fsp3) is 0.345. The number of anilines is 3. The molecule has 10 nitrogen and oxygen atoms in total. The van der Waals surface area contributed by atoms with E-state index in [0.717, 1.165) is 24.8 Å². The Morgan fingerprint density at radius 1 is 1.24 bits per heavy atom. The monoisotopic (exact) mass is 590 g/mol. The molecule has 0 unspecified atom stereocenters. The third-order valence-electron chi connectivity index (χ3n) is 7.52. The van der Waals surface area contributed by atoms with Crippen LogP contribution >= 0.6 is 24.8 Å². The summed E-state index contributed by atoms with van der Waals surface area (Å²) in [5.41, 5.74) is 2.83. The van der Waals surface area contributed by atoms with Crippen molar-refractivity contribution in [1.29, 1.82) is 5.26 Å². The molecule has 4 amide bonds. The van der Waals surface area contributed by atoms with Crippen LogP contribution in [0.15, 0.2) is 42.1 Å². The largest absolute Gasteiger partial charge is 0.497 e. The molecule has 4 heterocycles. The van der Waals surface area contributed by atoms with Gasteiger partial charge in [-0.05, 0) is 68.4 Å². The second-order valence-corrected chi connectivity index (χ2v) is 11.3. The predicted molar refractivity (Wildman–Crippen MR) is 162 cm³/mol. The molecule has 1 atom stereocenters. The first-order valence-electron chi connectivity index (χ1n) is 13.3. The number of benzene rings is 1. The van der Waals surface area contributed by atoms with Crippen LogP contribution in [0.25, 0.3) is 10.2 Å². The van der Waals surface area contributed by atoms with Crippen molar-refractivity contribution < 1.29 is 19.1 Å². The molecule has 0 spiro atoms. The summed E-state index contributed by atoms with van der Waals surface area (Å²) in [7, 11) is 1.59. The molecule has 2 N–H and O–H groups in total. The number of nitrogens with zero attached hydrogens (tertiary/aromatic N) is 4. The maximum Gasteiger partial charge on any atom is 0.331 e. The van der Waals surface area contributed by atoms with E-state index in [4.69, 9.17) is 4.74 Å². The number of thiophene rings is 1. The number of piperidine rings is 1. The highest BCUT2D eigenvalue weighted by Gasteiger charge is 2.35. The smallest absolute Gasteiger partial charge is 0.331 e. The zero-order valence-electron chi connectivity index (χ0n) is 22.7. The third-order valence-corrected chi connectivity index (χ3v) is 8.61. The summed E-state index contributed by atoms with van der Waals surface area (Å²) < 4.78 is 5.31. The van der Waals surface area contributed by atoms with Gasteiger partial charge in [-0.25, -0.2) is 9.78 Å². The number of likely N-dealkylation sites (tertiary alicyclic amines) is 1. The lowest BCUT2D eigenvalue weighted by Crippen LogP contribution is -2.50. The van der Waals surface area contributed by atoms with Gasteiger partial charge in [-0.2, -0.15) is 18.8 Å². The molecule has 3 aliphatic rings. The Bertz CT molecular complexity index is 1620. The number of methoxy groups -OCH3 is 1. The van der Waals surface area contributed by atoms with Crippen molar-refractivity contribution in [3.63, 3.8) is 0 Å². The van der Waals surface area contributed by atoms with Crippen molar-refractivity contribution in [2.24, 2.45) is 5.92 Å². The third kappa shape index (κ3) is 5.35. The summed E-state index contributed by atoms with van der Waals surface area (Å²) in [5.74, 6) is 0.411. The van der Waals surface area contributed by atoms with Gasteiger partial charge in [0.1, 0.15) is 27.1 Å². The molecule has 0 radical (unpaired) electrons. The lowest BCUT2D eigenvalue weighted by molar-refractivity contribution is -0.128. The normalized spacial score (nSPS) is 18.3.